The molecule has 0 unspecified atom stereocenters. The molecule has 0 aromatic heterocycles. The minimum absolute atomic E-state index is 0.0313. The van der Waals surface area contributed by atoms with E-state index in [1.165, 1.54) is 10.4 Å². The van der Waals surface area contributed by atoms with Gasteiger partial charge in [0.1, 0.15) is 6.17 Å². The van der Waals surface area contributed by atoms with E-state index in [2.05, 4.69) is 69.3 Å². The summed E-state index contributed by atoms with van der Waals surface area (Å²) in [5.74, 6) is 0.0802. The van der Waals surface area contributed by atoms with Crippen molar-refractivity contribution in [3.05, 3.63) is 60.7 Å². The van der Waals surface area contributed by atoms with Crippen molar-refractivity contribution in [2.75, 3.05) is 6.61 Å². The van der Waals surface area contributed by atoms with E-state index in [0.717, 1.165) is 0 Å². The molecule has 0 N–H and O–H groups in total. The topological polar surface area (TPSA) is 9.23 Å². The second-order valence-electron chi connectivity index (χ2n) is 7.49. The number of benzene rings is 2. The quantitative estimate of drug-likeness (QED) is 0.756. The molecule has 3 rings (SSSR count). The molecule has 122 valence electrons. The highest BCUT2D eigenvalue weighted by molar-refractivity contribution is 6.99. The number of hydrogen-bond acceptors (Lipinski definition) is 1. The normalized spacial score (nSPS) is 21.2. The van der Waals surface area contributed by atoms with E-state index in [1.807, 2.05) is 12.1 Å². The Kier molecular flexibility index (Phi) is 4.43. The molecule has 2 aromatic carbocycles. The lowest BCUT2D eigenvalue weighted by Crippen LogP contribution is -2.66. The van der Waals surface area contributed by atoms with Gasteiger partial charge in [-0.2, -0.15) is 0 Å². The van der Waals surface area contributed by atoms with Crippen molar-refractivity contribution in [2.45, 2.75) is 38.4 Å². The molecule has 1 fully saturated rings. The summed E-state index contributed by atoms with van der Waals surface area (Å²) >= 11 is 0. The molecule has 1 aliphatic rings. The molecule has 0 aliphatic heterocycles. The van der Waals surface area contributed by atoms with Crippen molar-refractivity contribution < 1.29 is 8.82 Å². The molecule has 1 saturated carbocycles. The van der Waals surface area contributed by atoms with Gasteiger partial charge in [-0.1, -0.05) is 81.4 Å². The summed E-state index contributed by atoms with van der Waals surface area (Å²) in [6, 6.07) is 21.1. The van der Waals surface area contributed by atoms with E-state index in [4.69, 9.17) is 4.43 Å². The fraction of sp³-hybridized carbons (Fsp3) is 0.400. The average molecular weight is 329 g/mol. The van der Waals surface area contributed by atoms with Crippen molar-refractivity contribution in [1.29, 1.82) is 0 Å². The molecule has 0 saturated heterocycles. The van der Waals surface area contributed by atoms with Gasteiger partial charge in [0.25, 0.3) is 8.32 Å². The van der Waals surface area contributed by atoms with E-state index in [1.54, 1.807) is 0 Å². The van der Waals surface area contributed by atoms with Crippen LogP contribution in [0.3, 0.4) is 0 Å². The Hall–Kier alpha value is -1.45. The van der Waals surface area contributed by atoms with Crippen LogP contribution in [-0.2, 0) is 4.43 Å². The van der Waals surface area contributed by atoms with Crippen LogP contribution in [0.15, 0.2) is 60.7 Å². The third-order valence-electron chi connectivity index (χ3n) is 4.77. The molecule has 2 aromatic rings. The van der Waals surface area contributed by atoms with Crippen LogP contribution in [0.2, 0.25) is 5.04 Å². The molecule has 0 amide bonds. The Morgan fingerprint density at radius 1 is 0.957 bits per heavy atom. The monoisotopic (exact) mass is 328 g/mol. The van der Waals surface area contributed by atoms with Crippen LogP contribution in [0.4, 0.5) is 4.39 Å². The van der Waals surface area contributed by atoms with Gasteiger partial charge in [-0.05, 0) is 21.8 Å². The first-order valence-corrected chi connectivity index (χ1v) is 10.2. The van der Waals surface area contributed by atoms with E-state index in [-0.39, 0.29) is 11.0 Å². The van der Waals surface area contributed by atoms with Crippen molar-refractivity contribution in [1.82, 2.24) is 0 Å². The second-order valence-corrected chi connectivity index (χ2v) is 11.8. The number of halogens is 1. The zero-order valence-electron chi connectivity index (χ0n) is 14.1. The molecule has 1 aliphatic carbocycles. The summed E-state index contributed by atoms with van der Waals surface area (Å²) in [7, 11) is -2.47. The lowest BCUT2D eigenvalue weighted by Gasteiger charge is -2.43. The maximum absolute atomic E-state index is 13.4. The molecule has 0 spiro atoms. The van der Waals surface area contributed by atoms with Gasteiger partial charge in [-0.3, -0.25) is 0 Å². The van der Waals surface area contributed by atoms with Crippen molar-refractivity contribution in [3.63, 3.8) is 0 Å². The average Bonchev–Trinajstić information content (AvgIpc) is 3.24. The Morgan fingerprint density at radius 2 is 1.39 bits per heavy atom. The Morgan fingerprint density at radius 3 is 1.74 bits per heavy atom. The van der Waals surface area contributed by atoms with Crippen LogP contribution in [-0.4, -0.2) is 21.1 Å². The molecule has 3 heteroatoms. The molecular formula is C20H25FOSi. The first-order chi connectivity index (χ1) is 10.9. The predicted molar refractivity (Wildman–Crippen MR) is 96.6 cm³/mol. The highest BCUT2D eigenvalue weighted by atomic mass is 28.4. The molecule has 1 nitrogen and oxygen atoms in total. The van der Waals surface area contributed by atoms with Crippen LogP contribution in [0.25, 0.3) is 0 Å². The van der Waals surface area contributed by atoms with Gasteiger partial charge < -0.3 is 4.43 Å². The second kappa shape index (κ2) is 6.21. The molecular weight excluding hydrogens is 303 g/mol. The van der Waals surface area contributed by atoms with Crippen molar-refractivity contribution in [2.24, 2.45) is 5.92 Å². The molecule has 0 radical (unpaired) electrons. The minimum Gasteiger partial charge on any atom is -0.407 e. The number of hydrogen-bond donors (Lipinski definition) is 0. The maximum atomic E-state index is 13.4. The molecule has 2 atom stereocenters. The van der Waals surface area contributed by atoms with Gasteiger partial charge in [-0.25, -0.2) is 4.39 Å². The summed E-state index contributed by atoms with van der Waals surface area (Å²) < 4.78 is 20.0. The van der Waals surface area contributed by atoms with E-state index in [9.17, 15) is 4.39 Å². The van der Waals surface area contributed by atoms with E-state index >= 15 is 0 Å². The highest BCUT2D eigenvalue weighted by Crippen LogP contribution is 2.40. The minimum atomic E-state index is -2.47. The maximum Gasteiger partial charge on any atom is 0.261 e. The van der Waals surface area contributed by atoms with Gasteiger partial charge in [0, 0.05) is 12.5 Å². The Bertz CT molecular complexity index is 596. The van der Waals surface area contributed by atoms with E-state index in [0.29, 0.717) is 13.0 Å². The standard InChI is InChI=1S/C20H25FOSi/c1-20(2,3)23(17-10-6-4-7-11-17,18-12-8-5-9-13-18)22-15-16-14-19(16)21/h4-13,16,19H,14-15H2,1-3H3/t16-,19-/m1/s1. The lowest BCUT2D eigenvalue weighted by atomic mass is 10.2. The van der Waals surface area contributed by atoms with Gasteiger partial charge in [0.05, 0.1) is 0 Å². The van der Waals surface area contributed by atoms with Gasteiger partial charge in [0.2, 0.25) is 0 Å². The summed E-state index contributed by atoms with van der Waals surface area (Å²) in [5.41, 5.74) is 0. The summed E-state index contributed by atoms with van der Waals surface area (Å²) in [6.45, 7) is 7.27. The smallest absolute Gasteiger partial charge is 0.261 e. The third kappa shape index (κ3) is 3.13. The number of alkyl halides is 1. The van der Waals surface area contributed by atoms with Crippen LogP contribution < -0.4 is 10.4 Å². The van der Waals surface area contributed by atoms with Crippen LogP contribution in [0, 0.1) is 5.92 Å². The molecule has 0 bridgehead atoms. The number of rotatable bonds is 5. The summed E-state index contributed by atoms with van der Waals surface area (Å²) in [6.07, 6.45) is -0.0220. The van der Waals surface area contributed by atoms with Gasteiger partial charge in [-0.15, -0.1) is 0 Å². The van der Waals surface area contributed by atoms with E-state index < -0.39 is 14.5 Å². The SMILES string of the molecule is CC(C)(C)[Si](OC[C@H]1C[C@H]1F)(c1ccccc1)c1ccccc1. The third-order valence-corrected chi connectivity index (χ3v) is 9.77. The van der Waals surface area contributed by atoms with Crippen LogP contribution in [0.5, 0.6) is 0 Å². The zero-order chi connectivity index (χ0) is 16.5. The van der Waals surface area contributed by atoms with Crippen molar-refractivity contribution >= 4 is 18.7 Å². The van der Waals surface area contributed by atoms with Gasteiger partial charge in [0.15, 0.2) is 0 Å². The Labute approximate surface area is 139 Å². The summed E-state index contributed by atoms with van der Waals surface area (Å²) in [5, 5.41) is 2.49. The Balaban J connectivity index is 2.09. The zero-order valence-corrected chi connectivity index (χ0v) is 15.1. The lowest BCUT2D eigenvalue weighted by molar-refractivity contribution is 0.264. The van der Waals surface area contributed by atoms with Crippen LogP contribution in [0.1, 0.15) is 27.2 Å². The van der Waals surface area contributed by atoms with Crippen molar-refractivity contribution in [3.8, 4) is 0 Å². The van der Waals surface area contributed by atoms with Gasteiger partial charge >= 0.3 is 0 Å². The fourth-order valence-electron chi connectivity index (χ4n) is 3.38. The first-order valence-electron chi connectivity index (χ1n) is 8.34. The van der Waals surface area contributed by atoms with Crippen LogP contribution >= 0.6 is 0 Å². The first kappa shape index (κ1) is 16.4. The largest absolute Gasteiger partial charge is 0.407 e. The summed E-state index contributed by atoms with van der Waals surface area (Å²) in [4.78, 5) is 0. The highest BCUT2D eigenvalue weighted by Gasteiger charge is 2.51. The molecule has 0 heterocycles. The predicted octanol–water partition coefficient (Wildman–Crippen LogP) is 3.92. The molecule has 23 heavy (non-hydrogen) atoms. The fourth-order valence-corrected chi connectivity index (χ4v) is 8.00.